The molecule has 6 nitrogen and oxygen atoms in total. The summed E-state index contributed by atoms with van der Waals surface area (Å²) in [6.45, 7) is 2.04. The molecule has 1 aliphatic carbocycles. The first-order chi connectivity index (χ1) is 11.6. The SMILES string of the molecule is O=C(O)c1cc2c(nc1N1CCC3(CC1)OCCC[C@@H]3O)CCC2. The first-order valence-corrected chi connectivity index (χ1v) is 8.92. The van der Waals surface area contributed by atoms with Gasteiger partial charge in [-0.25, -0.2) is 9.78 Å². The fourth-order valence-electron chi connectivity index (χ4n) is 4.35. The lowest BCUT2D eigenvalue weighted by atomic mass is 9.82. The van der Waals surface area contributed by atoms with E-state index in [0.29, 0.717) is 43.9 Å². The van der Waals surface area contributed by atoms with Crippen LogP contribution in [-0.2, 0) is 17.6 Å². The number of rotatable bonds is 2. The Hall–Kier alpha value is -1.66. The predicted octanol–water partition coefficient (Wildman–Crippen LogP) is 1.78. The Bertz CT molecular complexity index is 653. The van der Waals surface area contributed by atoms with Gasteiger partial charge in [0, 0.05) is 25.4 Å². The Labute approximate surface area is 141 Å². The van der Waals surface area contributed by atoms with Crippen LogP contribution in [-0.4, -0.2) is 52.6 Å². The smallest absolute Gasteiger partial charge is 0.339 e. The van der Waals surface area contributed by atoms with Crippen molar-refractivity contribution in [3.63, 3.8) is 0 Å². The zero-order chi connectivity index (χ0) is 16.7. The number of aliphatic hydroxyl groups excluding tert-OH is 1. The van der Waals surface area contributed by atoms with Gasteiger partial charge in [0.05, 0.1) is 11.7 Å². The molecule has 2 saturated heterocycles. The quantitative estimate of drug-likeness (QED) is 0.859. The number of hydrogen-bond acceptors (Lipinski definition) is 5. The number of hydrogen-bond donors (Lipinski definition) is 2. The van der Waals surface area contributed by atoms with E-state index in [-0.39, 0.29) is 0 Å². The highest BCUT2D eigenvalue weighted by Crippen LogP contribution is 2.37. The van der Waals surface area contributed by atoms with Gasteiger partial charge in [-0.3, -0.25) is 0 Å². The Morgan fingerprint density at radius 2 is 2.08 bits per heavy atom. The molecule has 0 bridgehead atoms. The van der Waals surface area contributed by atoms with Crippen LogP contribution in [0.1, 0.15) is 53.7 Å². The molecule has 1 aromatic heterocycles. The predicted molar refractivity (Wildman–Crippen MR) is 88.6 cm³/mol. The standard InChI is InChI=1S/C18H24N2O4/c21-15-5-2-10-24-18(15)6-8-20(9-7-18)16-13(17(22)23)11-12-3-1-4-14(12)19-16/h11,15,21H,1-10H2,(H,22,23)/t15-/m0/s1. The van der Waals surface area contributed by atoms with Crippen LogP contribution in [0.25, 0.3) is 0 Å². The van der Waals surface area contributed by atoms with Crippen LogP contribution in [0.4, 0.5) is 5.82 Å². The van der Waals surface area contributed by atoms with E-state index >= 15 is 0 Å². The molecular formula is C18H24N2O4. The minimum absolute atomic E-state index is 0.303. The monoisotopic (exact) mass is 332 g/mol. The summed E-state index contributed by atoms with van der Waals surface area (Å²) in [5.41, 5.74) is 1.98. The van der Waals surface area contributed by atoms with Crippen molar-refractivity contribution in [1.29, 1.82) is 0 Å². The number of carbonyl (C=O) groups is 1. The lowest BCUT2D eigenvalue weighted by Gasteiger charge is -2.47. The summed E-state index contributed by atoms with van der Waals surface area (Å²) in [6.07, 6.45) is 5.61. The summed E-state index contributed by atoms with van der Waals surface area (Å²) in [4.78, 5) is 18.4. The lowest BCUT2D eigenvalue weighted by molar-refractivity contribution is -0.164. The summed E-state index contributed by atoms with van der Waals surface area (Å²) < 4.78 is 5.94. The van der Waals surface area contributed by atoms with Gasteiger partial charge in [0.15, 0.2) is 0 Å². The van der Waals surface area contributed by atoms with E-state index in [0.717, 1.165) is 43.4 Å². The molecule has 0 saturated carbocycles. The number of aliphatic hydroxyl groups is 1. The highest BCUT2D eigenvalue weighted by molar-refractivity contribution is 5.93. The van der Waals surface area contributed by atoms with E-state index in [9.17, 15) is 15.0 Å². The average molecular weight is 332 g/mol. The van der Waals surface area contributed by atoms with Gasteiger partial charge in [0.25, 0.3) is 0 Å². The van der Waals surface area contributed by atoms with Gasteiger partial charge >= 0.3 is 5.97 Å². The van der Waals surface area contributed by atoms with E-state index in [1.165, 1.54) is 0 Å². The Morgan fingerprint density at radius 1 is 1.29 bits per heavy atom. The molecule has 6 heteroatoms. The molecule has 0 radical (unpaired) electrons. The van der Waals surface area contributed by atoms with Crippen LogP contribution in [0.15, 0.2) is 6.07 Å². The van der Waals surface area contributed by atoms with Crippen molar-refractivity contribution in [3.8, 4) is 0 Å². The van der Waals surface area contributed by atoms with Gasteiger partial charge in [-0.1, -0.05) is 0 Å². The van der Waals surface area contributed by atoms with E-state index in [4.69, 9.17) is 9.72 Å². The number of aromatic carboxylic acids is 1. The molecule has 1 spiro atoms. The summed E-state index contributed by atoms with van der Waals surface area (Å²) in [6, 6.07) is 1.81. The minimum atomic E-state index is -0.915. The van der Waals surface area contributed by atoms with Gasteiger partial charge in [0.1, 0.15) is 11.4 Å². The Kier molecular flexibility index (Phi) is 3.96. The number of carboxylic acid groups (broad SMARTS) is 1. The first-order valence-electron chi connectivity index (χ1n) is 8.92. The number of ether oxygens (including phenoxy) is 1. The molecule has 2 aliphatic heterocycles. The fraction of sp³-hybridized carbons (Fsp3) is 0.667. The Morgan fingerprint density at radius 3 is 2.79 bits per heavy atom. The Balaban J connectivity index is 1.58. The van der Waals surface area contributed by atoms with Crippen LogP contribution in [0.5, 0.6) is 0 Å². The number of aromatic nitrogens is 1. The van der Waals surface area contributed by atoms with Crippen molar-refractivity contribution in [3.05, 3.63) is 22.9 Å². The van der Waals surface area contributed by atoms with Gasteiger partial charge in [0.2, 0.25) is 0 Å². The van der Waals surface area contributed by atoms with Crippen LogP contribution < -0.4 is 4.90 Å². The summed E-state index contributed by atoms with van der Waals surface area (Å²) in [7, 11) is 0. The van der Waals surface area contributed by atoms with E-state index in [1.807, 2.05) is 6.07 Å². The molecule has 1 atom stereocenters. The third kappa shape index (κ3) is 2.58. The number of nitrogens with zero attached hydrogens (tertiary/aromatic N) is 2. The van der Waals surface area contributed by atoms with Crippen molar-refractivity contribution in [1.82, 2.24) is 4.98 Å². The normalized spacial score (nSPS) is 25.7. The topological polar surface area (TPSA) is 82.9 Å². The second-order valence-corrected chi connectivity index (χ2v) is 7.18. The molecule has 24 heavy (non-hydrogen) atoms. The largest absolute Gasteiger partial charge is 0.478 e. The van der Waals surface area contributed by atoms with E-state index in [2.05, 4.69) is 4.90 Å². The second-order valence-electron chi connectivity index (χ2n) is 7.18. The molecule has 130 valence electrons. The number of carboxylic acids is 1. The van der Waals surface area contributed by atoms with Crippen LogP contribution in [0.3, 0.4) is 0 Å². The van der Waals surface area contributed by atoms with E-state index in [1.54, 1.807) is 0 Å². The maximum absolute atomic E-state index is 11.7. The zero-order valence-corrected chi connectivity index (χ0v) is 13.8. The lowest BCUT2D eigenvalue weighted by Crippen LogP contribution is -2.55. The second kappa shape index (κ2) is 6.01. The minimum Gasteiger partial charge on any atom is -0.478 e. The summed E-state index contributed by atoms with van der Waals surface area (Å²) in [5.74, 6) is -0.329. The summed E-state index contributed by atoms with van der Waals surface area (Å²) >= 11 is 0. The van der Waals surface area contributed by atoms with Crippen molar-refractivity contribution in [2.24, 2.45) is 0 Å². The number of anilines is 1. The highest BCUT2D eigenvalue weighted by Gasteiger charge is 2.44. The number of fused-ring (bicyclic) bond motifs is 1. The number of pyridine rings is 1. The van der Waals surface area contributed by atoms with Crippen molar-refractivity contribution in [2.75, 3.05) is 24.6 Å². The van der Waals surface area contributed by atoms with Crippen LogP contribution in [0.2, 0.25) is 0 Å². The molecule has 4 rings (SSSR count). The third-order valence-corrected chi connectivity index (χ3v) is 5.79. The first kappa shape index (κ1) is 15.8. The summed E-state index contributed by atoms with van der Waals surface area (Å²) in [5, 5.41) is 19.9. The van der Waals surface area contributed by atoms with Crippen LogP contribution >= 0.6 is 0 Å². The molecule has 2 N–H and O–H groups in total. The molecule has 1 aromatic rings. The van der Waals surface area contributed by atoms with Crippen molar-refractivity contribution in [2.45, 2.75) is 56.7 Å². The maximum atomic E-state index is 11.7. The van der Waals surface area contributed by atoms with Gasteiger partial charge in [-0.05, 0) is 56.6 Å². The number of aryl methyl sites for hydroxylation is 2. The van der Waals surface area contributed by atoms with Gasteiger partial charge in [-0.2, -0.15) is 0 Å². The highest BCUT2D eigenvalue weighted by atomic mass is 16.5. The van der Waals surface area contributed by atoms with E-state index < -0.39 is 17.7 Å². The fourth-order valence-corrected chi connectivity index (χ4v) is 4.35. The number of piperidine rings is 1. The van der Waals surface area contributed by atoms with Gasteiger partial charge < -0.3 is 19.8 Å². The molecular weight excluding hydrogens is 308 g/mol. The van der Waals surface area contributed by atoms with Crippen molar-refractivity contribution >= 4 is 11.8 Å². The molecule has 2 fully saturated rings. The third-order valence-electron chi connectivity index (χ3n) is 5.79. The molecule has 0 unspecified atom stereocenters. The average Bonchev–Trinajstić information content (AvgIpc) is 3.05. The molecule has 0 amide bonds. The van der Waals surface area contributed by atoms with Crippen LogP contribution in [0, 0.1) is 0 Å². The molecule has 3 aliphatic rings. The maximum Gasteiger partial charge on any atom is 0.339 e. The van der Waals surface area contributed by atoms with Gasteiger partial charge in [-0.15, -0.1) is 0 Å². The van der Waals surface area contributed by atoms with Crippen molar-refractivity contribution < 1.29 is 19.7 Å². The molecule has 0 aromatic carbocycles. The zero-order valence-electron chi connectivity index (χ0n) is 13.8. The molecule has 3 heterocycles.